The Hall–Kier alpha value is -1.95. The number of anilines is 1. The monoisotopic (exact) mass is 304 g/mol. The third-order valence-electron chi connectivity index (χ3n) is 3.96. The van der Waals surface area contributed by atoms with Crippen molar-refractivity contribution < 1.29 is 9.90 Å². The molecule has 2 N–H and O–H groups in total. The molecule has 6 nitrogen and oxygen atoms in total. The summed E-state index contributed by atoms with van der Waals surface area (Å²) in [6.45, 7) is 3.50. The predicted octanol–water partition coefficient (Wildman–Crippen LogP) is 1.14. The van der Waals surface area contributed by atoms with Crippen LogP contribution in [-0.4, -0.2) is 46.7 Å². The van der Waals surface area contributed by atoms with Gasteiger partial charge in [-0.3, -0.25) is 9.78 Å². The van der Waals surface area contributed by atoms with Gasteiger partial charge in [0, 0.05) is 31.4 Å². The van der Waals surface area contributed by atoms with Gasteiger partial charge in [0.1, 0.15) is 5.82 Å². The zero-order valence-electron chi connectivity index (χ0n) is 13.0. The SMILES string of the molecule is CC=CCC(CO)NC(=O)C1CCN(c2cnccn2)CC1. The second kappa shape index (κ2) is 8.48. The first kappa shape index (κ1) is 16.4. The van der Waals surface area contributed by atoms with E-state index in [0.29, 0.717) is 6.42 Å². The number of piperidine rings is 1. The van der Waals surface area contributed by atoms with E-state index < -0.39 is 0 Å². The molecule has 1 aliphatic rings. The van der Waals surface area contributed by atoms with Crippen LogP contribution in [0.25, 0.3) is 0 Å². The number of nitrogens with one attached hydrogen (secondary N) is 1. The molecule has 6 heteroatoms. The molecule has 1 fully saturated rings. The second-order valence-electron chi connectivity index (χ2n) is 5.52. The van der Waals surface area contributed by atoms with Crippen molar-refractivity contribution in [1.82, 2.24) is 15.3 Å². The minimum atomic E-state index is -0.193. The molecular formula is C16H24N4O2. The van der Waals surface area contributed by atoms with Gasteiger partial charge in [0.25, 0.3) is 0 Å². The Morgan fingerprint density at radius 3 is 2.86 bits per heavy atom. The lowest BCUT2D eigenvalue weighted by molar-refractivity contribution is -0.126. The van der Waals surface area contributed by atoms with Gasteiger partial charge in [-0.1, -0.05) is 12.2 Å². The van der Waals surface area contributed by atoms with E-state index in [9.17, 15) is 9.90 Å². The fourth-order valence-electron chi connectivity index (χ4n) is 2.62. The van der Waals surface area contributed by atoms with E-state index in [2.05, 4.69) is 20.2 Å². The fourth-order valence-corrected chi connectivity index (χ4v) is 2.62. The summed E-state index contributed by atoms with van der Waals surface area (Å²) >= 11 is 0. The van der Waals surface area contributed by atoms with Gasteiger partial charge < -0.3 is 15.3 Å². The third kappa shape index (κ3) is 4.53. The van der Waals surface area contributed by atoms with Gasteiger partial charge in [0.05, 0.1) is 18.8 Å². The lowest BCUT2D eigenvalue weighted by Crippen LogP contribution is -2.45. The summed E-state index contributed by atoms with van der Waals surface area (Å²) in [5, 5.41) is 12.3. The van der Waals surface area contributed by atoms with E-state index in [0.717, 1.165) is 31.7 Å². The molecular weight excluding hydrogens is 280 g/mol. The molecule has 2 rings (SSSR count). The van der Waals surface area contributed by atoms with Crippen LogP contribution in [0.1, 0.15) is 26.2 Å². The van der Waals surface area contributed by atoms with Crippen molar-refractivity contribution in [2.45, 2.75) is 32.2 Å². The number of aromatic nitrogens is 2. The molecule has 0 bridgehead atoms. The first-order chi connectivity index (χ1) is 10.7. The molecule has 1 unspecified atom stereocenters. The minimum Gasteiger partial charge on any atom is -0.394 e. The van der Waals surface area contributed by atoms with Crippen molar-refractivity contribution in [2.75, 3.05) is 24.6 Å². The Kier molecular flexibility index (Phi) is 6.33. The summed E-state index contributed by atoms with van der Waals surface area (Å²) < 4.78 is 0. The molecule has 1 aliphatic heterocycles. The van der Waals surface area contributed by atoms with Crippen molar-refractivity contribution in [1.29, 1.82) is 0 Å². The standard InChI is InChI=1S/C16H24N4O2/c1-2-3-4-14(12-21)19-16(22)13-5-9-20(10-6-13)15-11-17-7-8-18-15/h2-3,7-8,11,13-14,21H,4-6,9-10,12H2,1H3,(H,19,22). The summed E-state index contributed by atoms with van der Waals surface area (Å²) in [4.78, 5) is 22.8. The van der Waals surface area contributed by atoms with Gasteiger partial charge in [0.15, 0.2) is 0 Å². The number of nitrogens with zero attached hydrogens (tertiary/aromatic N) is 3. The zero-order valence-corrected chi connectivity index (χ0v) is 13.0. The molecule has 2 heterocycles. The van der Waals surface area contributed by atoms with Crippen LogP contribution in [-0.2, 0) is 4.79 Å². The van der Waals surface area contributed by atoms with E-state index in [1.807, 2.05) is 19.1 Å². The van der Waals surface area contributed by atoms with Gasteiger partial charge >= 0.3 is 0 Å². The number of hydrogen-bond acceptors (Lipinski definition) is 5. The molecule has 0 saturated carbocycles. The van der Waals surface area contributed by atoms with E-state index >= 15 is 0 Å². The highest BCUT2D eigenvalue weighted by Gasteiger charge is 2.26. The van der Waals surface area contributed by atoms with Crippen LogP contribution < -0.4 is 10.2 Å². The summed E-state index contributed by atoms with van der Waals surface area (Å²) in [5.74, 6) is 0.914. The number of carbonyl (C=O) groups is 1. The quantitative estimate of drug-likeness (QED) is 0.771. The van der Waals surface area contributed by atoms with Crippen LogP contribution in [0.4, 0.5) is 5.82 Å². The lowest BCUT2D eigenvalue weighted by atomic mass is 9.95. The van der Waals surface area contributed by atoms with E-state index in [1.54, 1.807) is 18.6 Å². The van der Waals surface area contributed by atoms with E-state index in [1.165, 1.54) is 0 Å². The Bertz CT molecular complexity index is 484. The van der Waals surface area contributed by atoms with Crippen molar-refractivity contribution in [3.8, 4) is 0 Å². The number of carbonyl (C=O) groups excluding carboxylic acids is 1. The average molecular weight is 304 g/mol. The molecule has 1 aromatic heterocycles. The average Bonchev–Trinajstić information content (AvgIpc) is 2.59. The molecule has 120 valence electrons. The first-order valence-electron chi connectivity index (χ1n) is 7.78. The third-order valence-corrected chi connectivity index (χ3v) is 3.96. The molecule has 1 amide bonds. The lowest BCUT2D eigenvalue weighted by Gasteiger charge is -2.32. The number of aliphatic hydroxyl groups excluding tert-OH is 1. The minimum absolute atomic E-state index is 0.00702. The number of rotatable bonds is 6. The summed E-state index contributed by atoms with van der Waals surface area (Å²) in [5.41, 5.74) is 0. The Balaban J connectivity index is 1.82. The van der Waals surface area contributed by atoms with E-state index in [-0.39, 0.29) is 24.5 Å². The molecule has 0 spiro atoms. The number of allylic oxidation sites excluding steroid dienone is 1. The summed E-state index contributed by atoms with van der Waals surface area (Å²) in [6, 6.07) is -0.193. The van der Waals surface area contributed by atoms with Gasteiger partial charge in [-0.05, 0) is 26.2 Å². The molecule has 22 heavy (non-hydrogen) atoms. The van der Waals surface area contributed by atoms with Crippen LogP contribution >= 0.6 is 0 Å². The van der Waals surface area contributed by atoms with Crippen molar-refractivity contribution in [2.24, 2.45) is 5.92 Å². The van der Waals surface area contributed by atoms with Crippen LogP contribution in [0.3, 0.4) is 0 Å². The maximum Gasteiger partial charge on any atom is 0.223 e. The topological polar surface area (TPSA) is 78.4 Å². The van der Waals surface area contributed by atoms with Gasteiger partial charge in [-0.2, -0.15) is 0 Å². The van der Waals surface area contributed by atoms with Crippen LogP contribution in [0.2, 0.25) is 0 Å². The van der Waals surface area contributed by atoms with E-state index in [4.69, 9.17) is 0 Å². The van der Waals surface area contributed by atoms with Crippen molar-refractivity contribution in [3.05, 3.63) is 30.7 Å². The number of hydrogen-bond donors (Lipinski definition) is 2. The van der Waals surface area contributed by atoms with Gasteiger partial charge in [0.2, 0.25) is 5.91 Å². The normalized spacial score (nSPS) is 17.6. The van der Waals surface area contributed by atoms with Crippen molar-refractivity contribution >= 4 is 11.7 Å². The number of aliphatic hydroxyl groups is 1. The molecule has 1 atom stereocenters. The predicted molar refractivity (Wildman–Crippen MR) is 85.4 cm³/mol. The maximum absolute atomic E-state index is 12.3. The van der Waals surface area contributed by atoms with Gasteiger partial charge in [-0.25, -0.2) is 4.98 Å². The largest absolute Gasteiger partial charge is 0.394 e. The molecule has 1 saturated heterocycles. The van der Waals surface area contributed by atoms with Gasteiger partial charge in [-0.15, -0.1) is 0 Å². The van der Waals surface area contributed by atoms with Crippen LogP contribution in [0.5, 0.6) is 0 Å². The molecule has 0 aromatic carbocycles. The smallest absolute Gasteiger partial charge is 0.223 e. The highest BCUT2D eigenvalue weighted by atomic mass is 16.3. The highest BCUT2D eigenvalue weighted by molar-refractivity contribution is 5.79. The summed E-state index contributed by atoms with van der Waals surface area (Å²) in [6.07, 6.45) is 11.2. The van der Waals surface area contributed by atoms with Crippen LogP contribution in [0, 0.1) is 5.92 Å². The molecule has 0 radical (unpaired) electrons. The van der Waals surface area contributed by atoms with Crippen molar-refractivity contribution in [3.63, 3.8) is 0 Å². The Labute approximate surface area is 131 Å². The maximum atomic E-state index is 12.3. The highest BCUT2D eigenvalue weighted by Crippen LogP contribution is 2.21. The van der Waals surface area contributed by atoms with Crippen LogP contribution in [0.15, 0.2) is 30.7 Å². The zero-order chi connectivity index (χ0) is 15.8. The fraction of sp³-hybridized carbons (Fsp3) is 0.562. The first-order valence-corrected chi connectivity index (χ1v) is 7.78. The Morgan fingerprint density at radius 2 is 2.27 bits per heavy atom. The molecule has 0 aliphatic carbocycles. The summed E-state index contributed by atoms with van der Waals surface area (Å²) in [7, 11) is 0. The second-order valence-corrected chi connectivity index (χ2v) is 5.52. The molecule has 1 aromatic rings. The number of amides is 1. The Morgan fingerprint density at radius 1 is 1.50 bits per heavy atom.